The van der Waals surface area contributed by atoms with Crippen molar-refractivity contribution in [1.29, 1.82) is 0 Å². The molecule has 0 N–H and O–H groups in total. The second-order valence-electron chi connectivity index (χ2n) is 7.17. The monoisotopic (exact) mass is 262 g/mol. The molecular formula is C20H22. The molecule has 4 rings (SSSR count). The van der Waals surface area contributed by atoms with E-state index in [0.717, 1.165) is 0 Å². The highest BCUT2D eigenvalue weighted by atomic mass is 14.4. The Morgan fingerprint density at radius 3 is 1.65 bits per heavy atom. The average Bonchev–Trinajstić information content (AvgIpc) is 2.51. The molecule has 0 unspecified atom stereocenters. The lowest BCUT2D eigenvalue weighted by atomic mass is 9.80. The highest BCUT2D eigenvalue weighted by Crippen LogP contribution is 2.53. The smallest absolute Gasteiger partial charge is 0.0159 e. The van der Waals surface area contributed by atoms with Gasteiger partial charge in [0.2, 0.25) is 0 Å². The number of hydrogen-bond acceptors (Lipinski definition) is 0. The molecule has 0 heteroatoms. The molecule has 0 aliphatic heterocycles. The van der Waals surface area contributed by atoms with E-state index in [1.807, 2.05) is 0 Å². The molecule has 102 valence electrons. The molecule has 0 fully saturated rings. The third-order valence-electron chi connectivity index (χ3n) is 5.22. The van der Waals surface area contributed by atoms with Gasteiger partial charge in [0.15, 0.2) is 0 Å². The highest BCUT2D eigenvalue weighted by Gasteiger charge is 2.39. The van der Waals surface area contributed by atoms with Crippen LogP contribution in [-0.4, -0.2) is 0 Å². The molecule has 2 aromatic rings. The predicted molar refractivity (Wildman–Crippen MR) is 85.5 cm³/mol. The number of hydrogen-bond donors (Lipinski definition) is 0. The minimum atomic E-state index is 0.156. The van der Waals surface area contributed by atoms with Gasteiger partial charge in [-0.2, -0.15) is 0 Å². The largest absolute Gasteiger partial charge is 0.0555 e. The van der Waals surface area contributed by atoms with Crippen LogP contribution in [0.5, 0.6) is 0 Å². The van der Waals surface area contributed by atoms with Gasteiger partial charge >= 0.3 is 0 Å². The van der Waals surface area contributed by atoms with Gasteiger partial charge in [0.05, 0.1) is 0 Å². The minimum Gasteiger partial charge on any atom is -0.0555 e. The summed E-state index contributed by atoms with van der Waals surface area (Å²) < 4.78 is 0. The first-order valence-corrected chi connectivity index (χ1v) is 7.77. The van der Waals surface area contributed by atoms with E-state index in [2.05, 4.69) is 52.0 Å². The Hall–Kier alpha value is -1.56. The molecule has 0 saturated carbocycles. The Labute approximate surface area is 121 Å². The van der Waals surface area contributed by atoms with Crippen LogP contribution >= 0.6 is 0 Å². The van der Waals surface area contributed by atoms with Crippen LogP contribution in [0.2, 0.25) is 0 Å². The molecule has 0 saturated heterocycles. The van der Waals surface area contributed by atoms with Crippen molar-refractivity contribution in [1.82, 2.24) is 0 Å². The van der Waals surface area contributed by atoms with Gasteiger partial charge in [0.25, 0.3) is 0 Å². The van der Waals surface area contributed by atoms with Crippen LogP contribution in [-0.2, 0) is 18.3 Å². The molecule has 0 aromatic heterocycles. The normalized spacial score (nSPS) is 17.8. The van der Waals surface area contributed by atoms with Crippen LogP contribution in [0.1, 0.15) is 53.6 Å². The molecule has 2 aliphatic rings. The second kappa shape index (κ2) is 3.75. The van der Waals surface area contributed by atoms with Crippen molar-refractivity contribution in [3.8, 4) is 11.1 Å². The molecule has 20 heavy (non-hydrogen) atoms. The fraction of sp³-hybridized carbons (Fsp3) is 0.400. The predicted octanol–water partition coefficient (Wildman–Crippen LogP) is 5.10. The second-order valence-corrected chi connectivity index (χ2v) is 7.17. The maximum Gasteiger partial charge on any atom is 0.0159 e. The third-order valence-corrected chi connectivity index (χ3v) is 5.22. The molecule has 0 radical (unpaired) electrons. The Kier molecular flexibility index (Phi) is 2.29. The molecule has 0 spiro atoms. The van der Waals surface area contributed by atoms with E-state index in [0.29, 0.717) is 0 Å². The van der Waals surface area contributed by atoms with E-state index in [1.54, 1.807) is 33.4 Å². The van der Waals surface area contributed by atoms with E-state index < -0.39 is 0 Å². The van der Waals surface area contributed by atoms with Crippen molar-refractivity contribution < 1.29 is 0 Å². The van der Waals surface area contributed by atoms with Gasteiger partial charge in [-0.25, -0.2) is 0 Å². The van der Waals surface area contributed by atoms with E-state index in [4.69, 9.17) is 0 Å². The van der Waals surface area contributed by atoms with Crippen molar-refractivity contribution in [3.05, 3.63) is 57.6 Å². The van der Waals surface area contributed by atoms with Crippen LogP contribution in [0.3, 0.4) is 0 Å². The van der Waals surface area contributed by atoms with Crippen LogP contribution in [0, 0.1) is 13.8 Å². The molecule has 0 atom stereocenters. The summed E-state index contributed by atoms with van der Waals surface area (Å²) >= 11 is 0. The maximum absolute atomic E-state index is 2.42. The van der Waals surface area contributed by atoms with Crippen molar-refractivity contribution in [2.45, 2.75) is 52.4 Å². The maximum atomic E-state index is 2.42. The first kappa shape index (κ1) is 12.2. The Balaban J connectivity index is 2.19. The number of aryl methyl sites for hydroxylation is 4. The summed E-state index contributed by atoms with van der Waals surface area (Å²) in [5.74, 6) is 0. The summed E-state index contributed by atoms with van der Waals surface area (Å²) in [4.78, 5) is 0. The zero-order valence-corrected chi connectivity index (χ0v) is 12.9. The molecule has 2 aromatic carbocycles. The van der Waals surface area contributed by atoms with Crippen LogP contribution < -0.4 is 0 Å². The average molecular weight is 262 g/mol. The quantitative estimate of drug-likeness (QED) is 0.619. The van der Waals surface area contributed by atoms with Crippen molar-refractivity contribution in [3.63, 3.8) is 0 Å². The van der Waals surface area contributed by atoms with Gasteiger partial charge in [0, 0.05) is 5.41 Å². The fourth-order valence-electron chi connectivity index (χ4n) is 4.31. The summed E-state index contributed by atoms with van der Waals surface area (Å²) in [5.41, 5.74) is 12.4. The van der Waals surface area contributed by atoms with Gasteiger partial charge in [-0.3, -0.25) is 0 Å². The van der Waals surface area contributed by atoms with E-state index in [1.165, 1.54) is 30.4 Å². The van der Waals surface area contributed by atoms with Crippen molar-refractivity contribution in [2.75, 3.05) is 0 Å². The van der Waals surface area contributed by atoms with Gasteiger partial charge < -0.3 is 0 Å². The zero-order chi connectivity index (χ0) is 14.1. The van der Waals surface area contributed by atoms with Crippen LogP contribution in [0.4, 0.5) is 0 Å². The lowest BCUT2D eigenvalue weighted by molar-refractivity contribution is 0.656. The van der Waals surface area contributed by atoms with Crippen LogP contribution in [0.15, 0.2) is 24.3 Å². The van der Waals surface area contributed by atoms with Gasteiger partial charge in [0.1, 0.15) is 0 Å². The molecular weight excluding hydrogens is 240 g/mol. The lowest BCUT2D eigenvalue weighted by Gasteiger charge is -2.23. The Morgan fingerprint density at radius 2 is 1.20 bits per heavy atom. The van der Waals surface area contributed by atoms with Crippen LogP contribution in [0.25, 0.3) is 11.1 Å². The highest BCUT2D eigenvalue weighted by molar-refractivity contribution is 5.86. The van der Waals surface area contributed by atoms with Gasteiger partial charge in [-0.1, -0.05) is 49.2 Å². The molecule has 0 heterocycles. The topological polar surface area (TPSA) is 0 Å². The van der Waals surface area contributed by atoms with E-state index in [9.17, 15) is 0 Å². The summed E-state index contributed by atoms with van der Waals surface area (Å²) in [6.45, 7) is 9.28. The van der Waals surface area contributed by atoms with E-state index in [-0.39, 0.29) is 5.41 Å². The molecule has 0 bridgehead atoms. The fourth-order valence-corrected chi connectivity index (χ4v) is 4.31. The Bertz CT molecular complexity index is 671. The summed E-state index contributed by atoms with van der Waals surface area (Å²) in [7, 11) is 0. The summed E-state index contributed by atoms with van der Waals surface area (Å²) in [6.07, 6.45) is 3.74. The first-order valence-electron chi connectivity index (χ1n) is 7.77. The minimum absolute atomic E-state index is 0.156. The van der Waals surface area contributed by atoms with Crippen molar-refractivity contribution >= 4 is 0 Å². The first-order chi connectivity index (χ1) is 9.48. The molecule has 2 aliphatic carbocycles. The third kappa shape index (κ3) is 1.43. The van der Waals surface area contributed by atoms with Crippen molar-refractivity contribution in [2.24, 2.45) is 0 Å². The lowest BCUT2D eigenvalue weighted by Crippen LogP contribution is -2.16. The van der Waals surface area contributed by atoms with E-state index >= 15 is 0 Å². The van der Waals surface area contributed by atoms with Gasteiger partial charge in [-0.05, 0) is 66.5 Å². The zero-order valence-electron chi connectivity index (χ0n) is 12.9. The molecule has 0 nitrogen and oxygen atoms in total. The number of benzene rings is 2. The number of rotatable bonds is 0. The van der Waals surface area contributed by atoms with Gasteiger partial charge in [-0.15, -0.1) is 0 Å². The SMILES string of the molecule is Cc1cc2c3c(c1)C(C)(C)c1cc(C)cc(c1-3)CCC2. The molecule has 0 amide bonds. The summed E-state index contributed by atoms with van der Waals surface area (Å²) in [5, 5.41) is 0. The Morgan fingerprint density at radius 1 is 0.750 bits per heavy atom. The summed E-state index contributed by atoms with van der Waals surface area (Å²) in [6, 6.07) is 9.67. The standard InChI is InChI=1S/C20H22/c1-12-8-14-6-5-7-15-9-13(2)11-17-19(15)18(14)16(10-12)20(17,3)4/h8-11H,5-7H2,1-4H3.